The van der Waals surface area contributed by atoms with Gasteiger partial charge >= 0.3 is 0 Å². The first-order valence-electron chi connectivity index (χ1n) is 7.20. The first-order valence-corrected chi connectivity index (χ1v) is 7.58. The summed E-state index contributed by atoms with van der Waals surface area (Å²) < 4.78 is 5.54. The van der Waals surface area contributed by atoms with Crippen LogP contribution >= 0.6 is 11.6 Å². The van der Waals surface area contributed by atoms with Crippen LogP contribution in [0.2, 0.25) is 5.02 Å². The maximum Gasteiger partial charge on any atom is 0.237 e. The molecule has 1 aromatic carbocycles. The second-order valence-electron chi connectivity index (χ2n) is 5.71. The highest BCUT2D eigenvalue weighted by Crippen LogP contribution is 2.52. The zero-order valence-corrected chi connectivity index (χ0v) is 12.8. The van der Waals surface area contributed by atoms with Gasteiger partial charge in [-0.05, 0) is 43.0 Å². The number of pyridine rings is 1. The minimum Gasteiger partial charge on any atom is -0.338 e. The zero-order chi connectivity index (χ0) is 15.2. The predicted molar refractivity (Wildman–Crippen MR) is 83.7 cm³/mol. The van der Waals surface area contributed by atoms with Gasteiger partial charge in [-0.25, -0.2) is 0 Å². The normalized spacial score (nSPS) is 15.7. The molecule has 0 radical (unpaired) electrons. The topological polar surface area (TPSA) is 51.8 Å². The van der Waals surface area contributed by atoms with E-state index in [0.717, 1.165) is 29.5 Å². The Hall–Kier alpha value is -2.20. The van der Waals surface area contributed by atoms with Crippen molar-refractivity contribution in [3.63, 3.8) is 0 Å². The summed E-state index contributed by atoms with van der Waals surface area (Å²) in [5, 5.41) is 4.83. The first-order chi connectivity index (χ1) is 10.7. The number of hydrogen-bond donors (Lipinski definition) is 0. The Morgan fingerprint density at radius 1 is 1.23 bits per heavy atom. The van der Waals surface area contributed by atoms with Crippen molar-refractivity contribution in [2.75, 3.05) is 0 Å². The SMILES string of the molecule is Cc1ccc(-c2noc(C3(c4cccnc4)CC3)n2)cc1Cl. The summed E-state index contributed by atoms with van der Waals surface area (Å²) in [6, 6.07) is 9.79. The predicted octanol–water partition coefficient (Wildman–Crippen LogP) is 4.17. The van der Waals surface area contributed by atoms with E-state index >= 15 is 0 Å². The number of halogens is 1. The van der Waals surface area contributed by atoms with Crippen molar-refractivity contribution in [3.8, 4) is 11.4 Å². The van der Waals surface area contributed by atoms with Crippen molar-refractivity contribution in [1.29, 1.82) is 0 Å². The molecule has 0 N–H and O–H groups in total. The molecule has 3 aromatic rings. The monoisotopic (exact) mass is 311 g/mol. The number of aromatic nitrogens is 3. The third-order valence-electron chi connectivity index (χ3n) is 4.23. The van der Waals surface area contributed by atoms with Gasteiger partial charge in [-0.1, -0.05) is 35.0 Å². The van der Waals surface area contributed by atoms with Crippen LogP contribution in [0.5, 0.6) is 0 Å². The molecule has 1 fully saturated rings. The summed E-state index contributed by atoms with van der Waals surface area (Å²) in [6.07, 6.45) is 5.66. The number of hydrogen-bond acceptors (Lipinski definition) is 4. The van der Waals surface area contributed by atoms with Gasteiger partial charge in [0.2, 0.25) is 11.7 Å². The van der Waals surface area contributed by atoms with Crippen LogP contribution in [0.25, 0.3) is 11.4 Å². The molecule has 0 atom stereocenters. The molecule has 0 unspecified atom stereocenters. The Labute approximate surface area is 133 Å². The Bertz CT molecular complexity index is 825. The van der Waals surface area contributed by atoms with Gasteiger partial charge in [-0.2, -0.15) is 4.98 Å². The molecule has 0 saturated heterocycles. The van der Waals surface area contributed by atoms with E-state index in [4.69, 9.17) is 16.1 Å². The van der Waals surface area contributed by atoms with Crippen LogP contribution in [0.15, 0.2) is 47.2 Å². The third kappa shape index (κ3) is 2.11. The molecule has 1 saturated carbocycles. The van der Waals surface area contributed by atoms with E-state index in [0.29, 0.717) is 16.7 Å². The van der Waals surface area contributed by atoms with Crippen LogP contribution in [-0.2, 0) is 5.41 Å². The van der Waals surface area contributed by atoms with E-state index in [-0.39, 0.29) is 5.41 Å². The summed E-state index contributed by atoms with van der Waals surface area (Å²) in [4.78, 5) is 8.79. The zero-order valence-electron chi connectivity index (χ0n) is 12.1. The van der Waals surface area contributed by atoms with Gasteiger partial charge in [-0.15, -0.1) is 0 Å². The maximum absolute atomic E-state index is 6.17. The molecule has 0 aliphatic heterocycles. The summed E-state index contributed by atoms with van der Waals surface area (Å²) in [5.41, 5.74) is 2.87. The molecule has 110 valence electrons. The number of nitrogens with zero attached hydrogens (tertiary/aromatic N) is 3. The lowest BCUT2D eigenvalue weighted by Crippen LogP contribution is -2.09. The van der Waals surface area contributed by atoms with Crippen LogP contribution in [-0.4, -0.2) is 15.1 Å². The van der Waals surface area contributed by atoms with E-state index in [1.165, 1.54) is 0 Å². The van der Waals surface area contributed by atoms with Gasteiger partial charge in [0.25, 0.3) is 0 Å². The highest BCUT2D eigenvalue weighted by molar-refractivity contribution is 6.31. The second-order valence-corrected chi connectivity index (χ2v) is 6.12. The standard InChI is InChI=1S/C17H14ClN3O/c1-11-4-5-12(9-14(11)18)15-20-16(22-21-15)17(6-7-17)13-3-2-8-19-10-13/h2-5,8-10H,6-7H2,1H3. The lowest BCUT2D eigenvalue weighted by atomic mass is 9.98. The first kappa shape index (κ1) is 13.5. The molecular weight excluding hydrogens is 298 g/mol. The summed E-state index contributed by atoms with van der Waals surface area (Å²) in [7, 11) is 0. The lowest BCUT2D eigenvalue weighted by Gasteiger charge is -2.08. The van der Waals surface area contributed by atoms with Gasteiger partial charge in [0.1, 0.15) is 0 Å². The summed E-state index contributed by atoms with van der Waals surface area (Å²) >= 11 is 6.17. The number of benzene rings is 1. The fourth-order valence-corrected chi connectivity index (χ4v) is 2.84. The van der Waals surface area contributed by atoms with Crippen molar-refractivity contribution in [2.45, 2.75) is 25.2 Å². The quantitative estimate of drug-likeness (QED) is 0.728. The van der Waals surface area contributed by atoms with Crippen molar-refractivity contribution < 1.29 is 4.52 Å². The Morgan fingerprint density at radius 2 is 2.09 bits per heavy atom. The smallest absolute Gasteiger partial charge is 0.237 e. The van der Waals surface area contributed by atoms with E-state index < -0.39 is 0 Å². The van der Waals surface area contributed by atoms with Gasteiger partial charge < -0.3 is 4.52 Å². The maximum atomic E-state index is 6.17. The highest BCUT2D eigenvalue weighted by atomic mass is 35.5. The average Bonchev–Trinajstić information content (AvgIpc) is 3.21. The van der Waals surface area contributed by atoms with Crippen LogP contribution in [0.1, 0.15) is 29.9 Å². The Kier molecular flexibility index (Phi) is 3.01. The minimum absolute atomic E-state index is 0.159. The molecule has 0 bridgehead atoms. The largest absolute Gasteiger partial charge is 0.338 e. The Morgan fingerprint density at radius 3 is 2.77 bits per heavy atom. The molecule has 0 spiro atoms. The molecule has 1 aliphatic rings. The van der Waals surface area contributed by atoms with E-state index in [9.17, 15) is 0 Å². The van der Waals surface area contributed by atoms with Crippen molar-refractivity contribution >= 4 is 11.6 Å². The molecule has 1 aliphatic carbocycles. The lowest BCUT2D eigenvalue weighted by molar-refractivity contribution is 0.360. The van der Waals surface area contributed by atoms with Crippen LogP contribution in [0.4, 0.5) is 0 Å². The summed E-state index contributed by atoms with van der Waals surface area (Å²) in [6.45, 7) is 1.97. The van der Waals surface area contributed by atoms with Crippen molar-refractivity contribution in [1.82, 2.24) is 15.1 Å². The molecule has 2 aromatic heterocycles. The van der Waals surface area contributed by atoms with Gasteiger partial charge in [-0.3, -0.25) is 4.98 Å². The fraction of sp³-hybridized carbons (Fsp3) is 0.235. The van der Waals surface area contributed by atoms with Crippen molar-refractivity contribution in [2.24, 2.45) is 0 Å². The second kappa shape index (κ2) is 4.92. The minimum atomic E-state index is -0.159. The molecule has 4 rings (SSSR count). The van der Waals surface area contributed by atoms with Crippen LogP contribution in [0, 0.1) is 6.92 Å². The molecule has 2 heterocycles. The molecule has 4 nitrogen and oxygen atoms in total. The summed E-state index contributed by atoms with van der Waals surface area (Å²) in [5.74, 6) is 1.24. The number of rotatable bonds is 3. The molecular formula is C17H14ClN3O. The molecule has 5 heteroatoms. The van der Waals surface area contributed by atoms with Crippen molar-refractivity contribution in [3.05, 3.63) is 64.8 Å². The average molecular weight is 312 g/mol. The Balaban J connectivity index is 1.71. The van der Waals surface area contributed by atoms with Gasteiger partial charge in [0.05, 0.1) is 5.41 Å². The van der Waals surface area contributed by atoms with Crippen LogP contribution < -0.4 is 0 Å². The highest BCUT2D eigenvalue weighted by Gasteiger charge is 2.51. The molecule has 22 heavy (non-hydrogen) atoms. The fourth-order valence-electron chi connectivity index (χ4n) is 2.66. The van der Waals surface area contributed by atoms with E-state index in [2.05, 4.69) is 21.2 Å². The third-order valence-corrected chi connectivity index (χ3v) is 4.64. The van der Waals surface area contributed by atoms with Gasteiger partial charge in [0.15, 0.2) is 0 Å². The van der Waals surface area contributed by atoms with Gasteiger partial charge in [0, 0.05) is 23.0 Å². The van der Waals surface area contributed by atoms with E-state index in [1.54, 1.807) is 6.20 Å². The van der Waals surface area contributed by atoms with Crippen LogP contribution in [0.3, 0.4) is 0 Å². The van der Waals surface area contributed by atoms with E-state index in [1.807, 2.05) is 37.4 Å². The molecule has 0 amide bonds. The number of aryl methyl sites for hydroxylation is 1.